The molecule has 0 radical (unpaired) electrons. The molecule has 1 aromatic heterocycles. The summed E-state index contributed by atoms with van der Waals surface area (Å²) in [5.41, 5.74) is 0.421. The van der Waals surface area contributed by atoms with Crippen molar-refractivity contribution in [3.8, 4) is 0 Å². The first kappa shape index (κ1) is 13.5. The zero-order valence-electron chi connectivity index (χ0n) is 10.2. The van der Waals surface area contributed by atoms with Gasteiger partial charge < -0.3 is 10.4 Å². The number of hydrogen-bond donors (Lipinski definition) is 2. The molecule has 2 rings (SSSR count). The zero-order chi connectivity index (χ0) is 13.0. The van der Waals surface area contributed by atoms with Gasteiger partial charge in [-0.05, 0) is 34.8 Å². The van der Waals surface area contributed by atoms with Crippen LogP contribution in [0.15, 0.2) is 22.9 Å². The van der Waals surface area contributed by atoms with Gasteiger partial charge in [-0.1, -0.05) is 12.8 Å². The third-order valence-electron chi connectivity index (χ3n) is 3.59. The molecular weight excluding hydrogens is 296 g/mol. The number of nitrogens with zero attached hydrogens (tertiary/aromatic N) is 1. The lowest BCUT2D eigenvalue weighted by molar-refractivity contribution is 0.0880. The molecule has 1 aliphatic rings. The standard InChI is InChI=1S/C13H17BrN2O2/c14-11-5-10(6-15-7-11)12(18)16-8-13(9-17)3-1-2-4-13/h5-7,17H,1-4,8-9H2,(H,16,18). The number of rotatable bonds is 4. The highest BCUT2D eigenvalue weighted by Crippen LogP contribution is 2.36. The first-order valence-corrected chi connectivity index (χ1v) is 6.94. The van der Waals surface area contributed by atoms with Gasteiger partial charge in [-0.3, -0.25) is 9.78 Å². The van der Waals surface area contributed by atoms with Crippen molar-refractivity contribution in [2.45, 2.75) is 25.7 Å². The lowest BCUT2D eigenvalue weighted by Gasteiger charge is -2.26. The Morgan fingerprint density at radius 3 is 2.78 bits per heavy atom. The van der Waals surface area contributed by atoms with E-state index in [-0.39, 0.29) is 17.9 Å². The number of pyridine rings is 1. The number of aliphatic hydroxyl groups excluding tert-OH is 1. The fraction of sp³-hybridized carbons (Fsp3) is 0.538. The molecule has 18 heavy (non-hydrogen) atoms. The van der Waals surface area contributed by atoms with Crippen molar-refractivity contribution in [2.24, 2.45) is 5.41 Å². The molecule has 0 spiro atoms. The van der Waals surface area contributed by atoms with Crippen molar-refractivity contribution in [1.82, 2.24) is 10.3 Å². The van der Waals surface area contributed by atoms with Crippen LogP contribution in [0.1, 0.15) is 36.0 Å². The van der Waals surface area contributed by atoms with Gasteiger partial charge in [0.05, 0.1) is 12.2 Å². The molecule has 1 saturated carbocycles. The quantitative estimate of drug-likeness (QED) is 0.895. The van der Waals surface area contributed by atoms with Crippen LogP contribution in [0.4, 0.5) is 0 Å². The number of amides is 1. The number of aromatic nitrogens is 1. The van der Waals surface area contributed by atoms with Gasteiger partial charge in [0, 0.05) is 28.8 Å². The predicted molar refractivity (Wildman–Crippen MR) is 72.3 cm³/mol. The van der Waals surface area contributed by atoms with E-state index in [1.807, 2.05) is 0 Å². The molecular formula is C13H17BrN2O2. The highest BCUT2D eigenvalue weighted by Gasteiger charge is 2.33. The Morgan fingerprint density at radius 2 is 2.17 bits per heavy atom. The van der Waals surface area contributed by atoms with Gasteiger partial charge in [0.1, 0.15) is 0 Å². The second kappa shape index (κ2) is 5.80. The highest BCUT2D eigenvalue weighted by molar-refractivity contribution is 9.10. The van der Waals surface area contributed by atoms with Crippen LogP contribution in [0.3, 0.4) is 0 Å². The van der Waals surface area contributed by atoms with Crippen LogP contribution >= 0.6 is 15.9 Å². The van der Waals surface area contributed by atoms with Crippen molar-refractivity contribution in [3.05, 3.63) is 28.5 Å². The Morgan fingerprint density at radius 1 is 1.44 bits per heavy atom. The van der Waals surface area contributed by atoms with Crippen LogP contribution in [0.25, 0.3) is 0 Å². The van der Waals surface area contributed by atoms with E-state index < -0.39 is 0 Å². The molecule has 2 N–H and O–H groups in total. The van der Waals surface area contributed by atoms with Crippen LogP contribution in [0.5, 0.6) is 0 Å². The average Bonchev–Trinajstić information content (AvgIpc) is 2.85. The van der Waals surface area contributed by atoms with Gasteiger partial charge in [-0.25, -0.2) is 0 Å². The minimum Gasteiger partial charge on any atom is -0.396 e. The van der Waals surface area contributed by atoms with Crippen LogP contribution < -0.4 is 5.32 Å². The third kappa shape index (κ3) is 3.09. The molecule has 0 saturated heterocycles. The second-order valence-corrected chi connectivity index (χ2v) is 5.86. The number of aliphatic hydroxyl groups is 1. The Hall–Kier alpha value is -0.940. The molecule has 1 aliphatic carbocycles. The summed E-state index contributed by atoms with van der Waals surface area (Å²) in [5, 5.41) is 12.4. The van der Waals surface area contributed by atoms with Gasteiger partial charge in [-0.2, -0.15) is 0 Å². The average molecular weight is 313 g/mol. The van der Waals surface area contributed by atoms with E-state index in [9.17, 15) is 9.90 Å². The van der Waals surface area contributed by atoms with Crippen molar-refractivity contribution in [1.29, 1.82) is 0 Å². The number of halogens is 1. The summed E-state index contributed by atoms with van der Waals surface area (Å²) in [5.74, 6) is -0.136. The zero-order valence-corrected chi connectivity index (χ0v) is 11.7. The Labute approximate surface area is 115 Å². The summed E-state index contributed by atoms with van der Waals surface area (Å²) < 4.78 is 0.785. The Balaban J connectivity index is 1.96. The topological polar surface area (TPSA) is 62.2 Å². The number of carbonyl (C=O) groups excluding carboxylic acids is 1. The van der Waals surface area contributed by atoms with E-state index in [0.29, 0.717) is 12.1 Å². The van der Waals surface area contributed by atoms with Gasteiger partial charge in [0.2, 0.25) is 0 Å². The number of nitrogens with one attached hydrogen (secondary N) is 1. The minimum atomic E-state index is -0.136. The number of hydrogen-bond acceptors (Lipinski definition) is 3. The van der Waals surface area contributed by atoms with E-state index in [2.05, 4.69) is 26.2 Å². The SMILES string of the molecule is O=C(NCC1(CO)CCCC1)c1cncc(Br)c1. The van der Waals surface area contributed by atoms with E-state index in [4.69, 9.17) is 0 Å². The summed E-state index contributed by atoms with van der Waals surface area (Å²) in [4.78, 5) is 15.9. The first-order chi connectivity index (χ1) is 8.65. The molecule has 0 bridgehead atoms. The fourth-order valence-electron chi connectivity index (χ4n) is 2.42. The fourth-order valence-corrected chi connectivity index (χ4v) is 2.79. The maximum atomic E-state index is 12.0. The smallest absolute Gasteiger partial charge is 0.252 e. The van der Waals surface area contributed by atoms with Gasteiger partial charge in [0.15, 0.2) is 0 Å². The number of carbonyl (C=O) groups is 1. The van der Waals surface area contributed by atoms with E-state index in [0.717, 1.165) is 30.2 Å². The van der Waals surface area contributed by atoms with Gasteiger partial charge >= 0.3 is 0 Å². The van der Waals surface area contributed by atoms with E-state index in [1.165, 1.54) is 0 Å². The summed E-state index contributed by atoms with van der Waals surface area (Å²) in [6, 6.07) is 1.74. The molecule has 0 aromatic carbocycles. The molecule has 4 nitrogen and oxygen atoms in total. The Bertz CT molecular complexity index is 431. The molecule has 1 aromatic rings. The van der Waals surface area contributed by atoms with Crippen LogP contribution in [-0.4, -0.2) is 29.1 Å². The molecule has 0 unspecified atom stereocenters. The van der Waals surface area contributed by atoms with Crippen LogP contribution in [0, 0.1) is 5.41 Å². The Kier molecular flexibility index (Phi) is 4.35. The monoisotopic (exact) mass is 312 g/mol. The highest BCUT2D eigenvalue weighted by atomic mass is 79.9. The van der Waals surface area contributed by atoms with Gasteiger partial charge in [-0.15, -0.1) is 0 Å². The molecule has 5 heteroatoms. The summed E-state index contributed by atoms with van der Waals surface area (Å²) >= 11 is 3.29. The summed E-state index contributed by atoms with van der Waals surface area (Å²) in [7, 11) is 0. The van der Waals surface area contributed by atoms with Gasteiger partial charge in [0.25, 0.3) is 5.91 Å². The molecule has 1 heterocycles. The lowest BCUT2D eigenvalue weighted by atomic mass is 9.87. The minimum absolute atomic E-state index is 0.116. The summed E-state index contributed by atoms with van der Waals surface area (Å²) in [6.45, 7) is 0.679. The maximum absolute atomic E-state index is 12.0. The molecule has 0 atom stereocenters. The first-order valence-electron chi connectivity index (χ1n) is 6.15. The normalized spacial score (nSPS) is 17.7. The van der Waals surface area contributed by atoms with Crippen molar-refractivity contribution < 1.29 is 9.90 Å². The maximum Gasteiger partial charge on any atom is 0.252 e. The van der Waals surface area contributed by atoms with Crippen molar-refractivity contribution in [2.75, 3.05) is 13.2 Å². The van der Waals surface area contributed by atoms with Crippen LogP contribution in [0.2, 0.25) is 0 Å². The van der Waals surface area contributed by atoms with Crippen molar-refractivity contribution in [3.63, 3.8) is 0 Å². The largest absolute Gasteiger partial charge is 0.396 e. The lowest BCUT2D eigenvalue weighted by Crippen LogP contribution is -2.38. The molecule has 0 aliphatic heterocycles. The molecule has 98 valence electrons. The molecule has 1 amide bonds. The van der Waals surface area contributed by atoms with Crippen LogP contribution in [-0.2, 0) is 0 Å². The predicted octanol–water partition coefficient (Wildman–Crippen LogP) is 2.13. The van der Waals surface area contributed by atoms with E-state index >= 15 is 0 Å². The third-order valence-corrected chi connectivity index (χ3v) is 4.02. The van der Waals surface area contributed by atoms with E-state index in [1.54, 1.807) is 18.5 Å². The summed E-state index contributed by atoms with van der Waals surface area (Å²) in [6.07, 6.45) is 7.42. The van der Waals surface area contributed by atoms with Crippen molar-refractivity contribution >= 4 is 21.8 Å². The second-order valence-electron chi connectivity index (χ2n) is 4.94. The molecule has 1 fully saturated rings.